The van der Waals surface area contributed by atoms with E-state index in [1.54, 1.807) is 0 Å². The molecule has 0 bridgehead atoms. The molecule has 3 nitrogen and oxygen atoms in total. The van der Waals surface area contributed by atoms with Gasteiger partial charge in [0.05, 0.1) is 11.2 Å². The second kappa shape index (κ2) is 6.71. The van der Waals surface area contributed by atoms with Crippen LogP contribution in [0.3, 0.4) is 0 Å². The SMILES string of the molecule is CCCCC(C)NCc1nn(CC)c2ccccc12. The molecule has 1 N–H and O–H groups in total. The molecule has 1 unspecified atom stereocenters. The van der Waals surface area contributed by atoms with Crippen molar-refractivity contribution < 1.29 is 0 Å². The second-order valence-electron chi connectivity index (χ2n) is 5.20. The van der Waals surface area contributed by atoms with Crippen molar-refractivity contribution in [2.45, 2.75) is 59.2 Å². The van der Waals surface area contributed by atoms with Gasteiger partial charge in [0.25, 0.3) is 0 Å². The van der Waals surface area contributed by atoms with E-state index >= 15 is 0 Å². The molecule has 2 aromatic rings. The fourth-order valence-electron chi connectivity index (χ4n) is 2.45. The highest BCUT2D eigenvalue weighted by Gasteiger charge is 2.09. The molecule has 0 amide bonds. The van der Waals surface area contributed by atoms with Crippen LogP contribution in [-0.2, 0) is 13.1 Å². The Morgan fingerprint density at radius 1 is 1.26 bits per heavy atom. The fraction of sp³-hybridized carbons (Fsp3) is 0.562. The molecule has 3 heteroatoms. The molecule has 0 aliphatic carbocycles. The van der Waals surface area contributed by atoms with E-state index < -0.39 is 0 Å². The predicted octanol–water partition coefficient (Wildman–Crippen LogP) is 3.72. The number of aryl methyl sites for hydroxylation is 1. The Hall–Kier alpha value is -1.35. The van der Waals surface area contributed by atoms with Gasteiger partial charge in [0.2, 0.25) is 0 Å². The Morgan fingerprint density at radius 3 is 2.79 bits per heavy atom. The molecule has 0 aliphatic heterocycles. The van der Waals surface area contributed by atoms with Crippen LogP contribution in [0.2, 0.25) is 0 Å². The first-order valence-electron chi connectivity index (χ1n) is 7.44. The van der Waals surface area contributed by atoms with Crippen molar-refractivity contribution in [1.29, 1.82) is 0 Å². The summed E-state index contributed by atoms with van der Waals surface area (Å²) in [6.07, 6.45) is 3.79. The van der Waals surface area contributed by atoms with Gasteiger partial charge in [0, 0.05) is 24.5 Å². The molecule has 1 heterocycles. The Morgan fingerprint density at radius 2 is 2.05 bits per heavy atom. The molecule has 104 valence electrons. The van der Waals surface area contributed by atoms with Gasteiger partial charge in [-0.2, -0.15) is 5.10 Å². The van der Waals surface area contributed by atoms with Crippen LogP contribution in [0.25, 0.3) is 10.9 Å². The van der Waals surface area contributed by atoms with Gasteiger partial charge in [0.15, 0.2) is 0 Å². The molecular weight excluding hydrogens is 234 g/mol. The average Bonchev–Trinajstić information content (AvgIpc) is 2.81. The molecule has 0 fully saturated rings. The molecule has 2 rings (SSSR count). The van der Waals surface area contributed by atoms with Crippen LogP contribution in [0.1, 0.15) is 45.7 Å². The first-order valence-corrected chi connectivity index (χ1v) is 7.44. The first-order chi connectivity index (χ1) is 9.26. The molecule has 1 aromatic carbocycles. The molecule has 0 radical (unpaired) electrons. The Kier molecular flexibility index (Phi) is 4.97. The standard InChI is InChI=1S/C16H25N3/c1-4-6-9-13(3)17-12-15-14-10-7-8-11-16(14)19(5-2)18-15/h7-8,10-11,13,17H,4-6,9,12H2,1-3H3. The predicted molar refractivity (Wildman–Crippen MR) is 81.2 cm³/mol. The summed E-state index contributed by atoms with van der Waals surface area (Å²) in [5, 5.41) is 9.58. The van der Waals surface area contributed by atoms with Gasteiger partial charge in [-0.1, -0.05) is 38.0 Å². The Labute approximate surface area is 116 Å². The highest BCUT2D eigenvalue weighted by molar-refractivity contribution is 5.81. The third-order valence-corrected chi connectivity index (χ3v) is 3.64. The van der Waals surface area contributed by atoms with Crippen molar-refractivity contribution in [2.24, 2.45) is 0 Å². The maximum absolute atomic E-state index is 4.71. The van der Waals surface area contributed by atoms with Crippen LogP contribution in [0.4, 0.5) is 0 Å². The van der Waals surface area contributed by atoms with E-state index in [1.165, 1.54) is 35.9 Å². The van der Waals surface area contributed by atoms with Crippen LogP contribution in [-0.4, -0.2) is 15.8 Å². The highest BCUT2D eigenvalue weighted by atomic mass is 15.3. The largest absolute Gasteiger partial charge is 0.309 e. The Bertz CT molecular complexity index is 516. The third-order valence-electron chi connectivity index (χ3n) is 3.64. The normalized spacial score (nSPS) is 13.0. The summed E-state index contributed by atoms with van der Waals surface area (Å²) in [5.41, 5.74) is 2.41. The maximum atomic E-state index is 4.71. The minimum Gasteiger partial charge on any atom is -0.309 e. The summed E-state index contributed by atoms with van der Waals surface area (Å²) in [6, 6.07) is 9.05. The van der Waals surface area contributed by atoms with E-state index in [0.717, 1.165) is 13.1 Å². The molecule has 19 heavy (non-hydrogen) atoms. The van der Waals surface area contributed by atoms with E-state index in [-0.39, 0.29) is 0 Å². The topological polar surface area (TPSA) is 29.9 Å². The van der Waals surface area contributed by atoms with Crippen LogP contribution in [0.5, 0.6) is 0 Å². The molecule has 0 aliphatic rings. The molecule has 0 saturated carbocycles. The lowest BCUT2D eigenvalue weighted by Gasteiger charge is -2.12. The van der Waals surface area contributed by atoms with Gasteiger partial charge in [0.1, 0.15) is 0 Å². The zero-order chi connectivity index (χ0) is 13.7. The highest BCUT2D eigenvalue weighted by Crippen LogP contribution is 2.18. The second-order valence-corrected chi connectivity index (χ2v) is 5.20. The number of hydrogen-bond acceptors (Lipinski definition) is 2. The number of rotatable bonds is 7. The lowest BCUT2D eigenvalue weighted by Crippen LogP contribution is -2.25. The number of para-hydroxylation sites is 1. The Balaban J connectivity index is 2.08. The van der Waals surface area contributed by atoms with Gasteiger partial charge in [-0.25, -0.2) is 0 Å². The summed E-state index contributed by atoms with van der Waals surface area (Å²) in [5.74, 6) is 0. The summed E-state index contributed by atoms with van der Waals surface area (Å²) in [6.45, 7) is 8.42. The third kappa shape index (κ3) is 3.35. The molecular formula is C16H25N3. The number of nitrogens with one attached hydrogen (secondary N) is 1. The van der Waals surface area contributed by atoms with Crippen molar-refractivity contribution in [1.82, 2.24) is 15.1 Å². The van der Waals surface area contributed by atoms with Crippen molar-refractivity contribution in [3.8, 4) is 0 Å². The smallest absolute Gasteiger partial charge is 0.0841 e. The van der Waals surface area contributed by atoms with Gasteiger partial charge in [-0.05, 0) is 26.3 Å². The quantitative estimate of drug-likeness (QED) is 0.821. The zero-order valence-corrected chi connectivity index (χ0v) is 12.3. The van der Waals surface area contributed by atoms with Crippen LogP contribution < -0.4 is 5.32 Å². The number of aromatic nitrogens is 2. The van der Waals surface area contributed by atoms with Crippen molar-refractivity contribution >= 4 is 10.9 Å². The van der Waals surface area contributed by atoms with E-state index in [9.17, 15) is 0 Å². The van der Waals surface area contributed by atoms with Gasteiger partial charge in [-0.3, -0.25) is 4.68 Å². The van der Waals surface area contributed by atoms with Crippen LogP contribution >= 0.6 is 0 Å². The number of hydrogen-bond donors (Lipinski definition) is 1. The summed E-state index contributed by atoms with van der Waals surface area (Å²) >= 11 is 0. The molecule has 0 saturated heterocycles. The van der Waals surface area contributed by atoms with Gasteiger partial charge in [-0.15, -0.1) is 0 Å². The van der Waals surface area contributed by atoms with Gasteiger partial charge < -0.3 is 5.32 Å². The minimum atomic E-state index is 0.561. The minimum absolute atomic E-state index is 0.561. The average molecular weight is 259 g/mol. The monoisotopic (exact) mass is 259 g/mol. The zero-order valence-electron chi connectivity index (χ0n) is 12.3. The maximum Gasteiger partial charge on any atom is 0.0841 e. The van der Waals surface area contributed by atoms with E-state index in [2.05, 4.69) is 55.0 Å². The number of unbranched alkanes of at least 4 members (excludes halogenated alkanes) is 1. The lowest BCUT2D eigenvalue weighted by atomic mass is 10.1. The van der Waals surface area contributed by atoms with Crippen LogP contribution in [0.15, 0.2) is 24.3 Å². The van der Waals surface area contributed by atoms with Crippen molar-refractivity contribution in [3.63, 3.8) is 0 Å². The summed E-state index contributed by atoms with van der Waals surface area (Å²) in [7, 11) is 0. The molecule has 0 spiro atoms. The fourth-order valence-corrected chi connectivity index (χ4v) is 2.45. The molecule has 1 atom stereocenters. The van der Waals surface area contributed by atoms with E-state index in [1.807, 2.05) is 0 Å². The summed E-state index contributed by atoms with van der Waals surface area (Å²) in [4.78, 5) is 0. The van der Waals surface area contributed by atoms with E-state index in [4.69, 9.17) is 5.10 Å². The lowest BCUT2D eigenvalue weighted by molar-refractivity contribution is 0.489. The number of benzene rings is 1. The first kappa shape index (κ1) is 14.1. The number of nitrogens with zero attached hydrogens (tertiary/aromatic N) is 2. The van der Waals surface area contributed by atoms with Crippen LogP contribution in [0, 0.1) is 0 Å². The van der Waals surface area contributed by atoms with Crippen molar-refractivity contribution in [2.75, 3.05) is 0 Å². The van der Waals surface area contributed by atoms with Gasteiger partial charge >= 0.3 is 0 Å². The van der Waals surface area contributed by atoms with E-state index in [0.29, 0.717) is 6.04 Å². The number of fused-ring (bicyclic) bond motifs is 1. The molecule has 1 aromatic heterocycles. The van der Waals surface area contributed by atoms with Crippen molar-refractivity contribution in [3.05, 3.63) is 30.0 Å². The summed E-state index contributed by atoms with van der Waals surface area (Å²) < 4.78 is 2.09.